The summed E-state index contributed by atoms with van der Waals surface area (Å²) in [5, 5.41) is 3.35. The molecule has 94 valence electrons. The molecule has 0 aromatic heterocycles. The summed E-state index contributed by atoms with van der Waals surface area (Å²) in [5.41, 5.74) is 2.65. The van der Waals surface area contributed by atoms with Crippen molar-refractivity contribution in [1.82, 2.24) is 5.32 Å². The topological polar surface area (TPSA) is 21.3 Å². The number of rotatable bonds is 6. The molecule has 0 bridgehead atoms. The van der Waals surface area contributed by atoms with Gasteiger partial charge in [0.2, 0.25) is 0 Å². The van der Waals surface area contributed by atoms with Gasteiger partial charge in [-0.3, -0.25) is 0 Å². The van der Waals surface area contributed by atoms with Crippen molar-refractivity contribution in [2.75, 3.05) is 6.54 Å². The zero-order valence-corrected chi connectivity index (χ0v) is 10.7. The van der Waals surface area contributed by atoms with Crippen LogP contribution < -0.4 is 5.32 Å². The molecule has 0 spiro atoms. The Balaban J connectivity index is 1.82. The minimum atomic E-state index is 0.507. The Hall–Kier alpha value is -0.860. The van der Waals surface area contributed by atoms with E-state index in [1.54, 1.807) is 0 Å². The summed E-state index contributed by atoms with van der Waals surface area (Å²) in [4.78, 5) is 0. The van der Waals surface area contributed by atoms with Crippen LogP contribution in [0.1, 0.15) is 43.7 Å². The Morgan fingerprint density at radius 2 is 2.00 bits per heavy atom. The number of benzene rings is 1. The van der Waals surface area contributed by atoms with E-state index in [0.29, 0.717) is 6.10 Å². The van der Waals surface area contributed by atoms with E-state index in [0.717, 1.165) is 19.7 Å². The van der Waals surface area contributed by atoms with E-state index in [2.05, 4.69) is 36.5 Å². The first-order chi connectivity index (χ1) is 8.38. The highest BCUT2D eigenvalue weighted by Crippen LogP contribution is 2.22. The van der Waals surface area contributed by atoms with Crippen LogP contribution in [0.2, 0.25) is 0 Å². The molecule has 0 heterocycles. The summed E-state index contributed by atoms with van der Waals surface area (Å²) in [5.74, 6) is 0. The fourth-order valence-corrected chi connectivity index (χ4v) is 2.37. The highest BCUT2D eigenvalue weighted by molar-refractivity contribution is 5.22. The van der Waals surface area contributed by atoms with E-state index in [-0.39, 0.29) is 0 Å². The molecule has 1 fully saturated rings. The third-order valence-electron chi connectivity index (χ3n) is 3.36. The molecule has 1 N–H and O–H groups in total. The lowest BCUT2D eigenvalue weighted by Crippen LogP contribution is -2.12. The molecule has 1 aliphatic carbocycles. The summed E-state index contributed by atoms with van der Waals surface area (Å²) in [7, 11) is 0. The van der Waals surface area contributed by atoms with Crippen molar-refractivity contribution in [3.63, 3.8) is 0 Å². The quantitative estimate of drug-likeness (QED) is 0.814. The van der Waals surface area contributed by atoms with Gasteiger partial charge in [0.05, 0.1) is 12.7 Å². The molecule has 2 rings (SSSR count). The average molecular weight is 233 g/mol. The summed E-state index contributed by atoms with van der Waals surface area (Å²) in [6, 6.07) is 8.70. The molecule has 1 aromatic rings. The normalized spacial score (nSPS) is 16.5. The number of nitrogens with one attached hydrogen (secondary N) is 1. The van der Waals surface area contributed by atoms with Crippen LogP contribution in [0.4, 0.5) is 0 Å². The van der Waals surface area contributed by atoms with E-state index in [1.165, 1.54) is 36.8 Å². The van der Waals surface area contributed by atoms with Crippen LogP contribution in [-0.2, 0) is 17.9 Å². The Morgan fingerprint density at radius 3 is 2.76 bits per heavy atom. The molecular weight excluding hydrogens is 210 g/mol. The average Bonchev–Trinajstić information content (AvgIpc) is 2.87. The van der Waals surface area contributed by atoms with Crippen molar-refractivity contribution in [2.45, 2.75) is 51.9 Å². The largest absolute Gasteiger partial charge is 0.374 e. The molecule has 1 aliphatic rings. The molecule has 17 heavy (non-hydrogen) atoms. The second kappa shape index (κ2) is 6.77. The third-order valence-corrected chi connectivity index (χ3v) is 3.36. The number of ether oxygens (including phenoxy) is 1. The molecule has 0 aliphatic heterocycles. The molecular formula is C15H23NO. The Morgan fingerprint density at radius 1 is 1.24 bits per heavy atom. The first kappa shape index (κ1) is 12.6. The summed E-state index contributed by atoms with van der Waals surface area (Å²) >= 11 is 0. The van der Waals surface area contributed by atoms with Crippen LogP contribution in [0, 0.1) is 0 Å². The predicted octanol–water partition coefficient (Wildman–Crippen LogP) is 3.26. The van der Waals surface area contributed by atoms with Crippen LogP contribution >= 0.6 is 0 Å². The van der Waals surface area contributed by atoms with Gasteiger partial charge < -0.3 is 10.1 Å². The van der Waals surface area contributed by atoms with E-state index in [9.17, 15) is 0 Å². The molecule has 0 radical (unpaired) electrons. The van der Waals surface area contributed by atoms with Crippen molar-refractivity contribution >= 4 is 0 Å². The van der Waals surface area contributed by atoms with Crippen LogP contribution in [0.15, 0.2) is 24.3 Å². The maximum absolute atomic E-state index is 5.93. The monoisotopic (exact) mass is 233 g/mol. The maximum atomic E-state index is 5.93. The SMILES string of the molecule is CCNCc1cccc(COC2CCCC2)c1. The van der Waals surface area contributed by atoms with Crippen molar-refractivity contribution in [3.8, 4) is 0 Å². The van der Waals surface area contributed by atoms with Crippen LogP contribution in [0.3, 0.4) is 0 Å². The first-order valence-corrected chi connectivity index (χ1v) is 6.78. The highest BCUT2D eigenvalue weighted by Gasteiger charge is 2.14. The standard InChI is InChI=1S/C15H23NO/c1-2-16-11-13-6-5-7-14(10-13)12-17-15-8-3-4-9-15/h5-7,10,15-16H,2-4,8-9,11-12H2,1H3. The van der Waals surface area contributed by atoms with Gasteiger partial charge in [0, 0.05) is 6.54 Å². The first-order valence-electron chi connectivity index (χ1n) is 6.78. The second-order valence-corrected chi connectivity index (χ2v) is 4.82. The van der Waals surface area contributed by atoms with Gasteiger partial charge in [-0.25, -0.2) is 0 Å². The van der Waals surface area contributed by atoms with Gasteiger partial charge in [-0.2, -0.15) is 0 Å². The van der Waals surface area contributed by atoms with E-state index in [1.807, 2.05) is 0 Å². The zero-order valence-electron chi connectivity index (χ0n) is 10.7. The van der Waals surface area contributed by atoms with Gasteiger partial charge in [0.15, 0.2) is 0 Å². The van der Waals surface area contributed by atoms with Crippen molar-refractivity contribution in [3.05, 3.63) is 35.4 Å². The molecule has 0 amide bonds. The Bertz CT molecular complexity index is 331. The van der Waals surface area contributed by atoms with Crippen molar-refractivity contribution < 1.29 is 4.74 Å². The Labute approximate surface area is 104 Å². The number of hydrogen-bond acceptors (Lipinski definition) is 2. The lowest BCUT2D eigenvalue weighted by Gasteiger charge is -2.11. The smallest absolute Gasteiger partial charge is 0.0720 e. The summed E-state index contributed by atoms with van der Waals surface area (Å²) < 4.78 is 5.93. The highest BCUT2D eigenvalue weighted by atomic mass is 16.5. The fraction of sp³-hybridized carbons (Fsp3) is 0.600. The lowest BCUT2D eigenvalue weighted by atomic mass is 10.1. The van der Waals surface area contributed by atoms with E-state index < -0.39 is 0 Å². The fourth-order valence-electron chi connectivity index (χ4n) is 2.37. The van der Waals surface area contributed by atoms with Crippen LogP contribution in [0.5, 0.6) is 0 Å². The van der Waals surface area contributed by atoms with Gasteiger partial charge in [0.25, 0.3) is 0 Å². The van der Waals surface area contributed by atoms with Crippen LogP contribution in [0.25, 0.3) is 0 Å². The number of hydrogen-bond donors (Lipinski definition) is 1. The molecule has 1 aromatic carbocycles. The maximum Gasteiger partial charge on any atom is 0.0720 e. The van der Waals surface area contributed by atoms with E-state index in [4.69, 9.17) is 4.74 Å². The molecule has 0 unspecified atom stereocenters. The molecule has 2 nitrogen and oxygen atoms in total. The minimum Gasteiger partial charge on any atom is -0.374 e. The van der Waals surface area contributed by atoms with Gasteiger partial charge in [-0.05, 0) is 30.5 Å². The van der Waals surface area contributed by atoms with Crippen LogP contribution in [-0.4, -0.2) is 12.6 Å². The summed E-state index contributed by atoms with van der Waals surface area (Å²) in [6.45, 7) is 4.87. The predicted molar refractivity (Wildman–Crippen MR) is 70.9 cm³/mol. The minimum absolute atomic E-state index is 0.507. The molecule has 0 atom stereocenters. The zero-order chi connectivity index (χ0) is 11.9. The lowest BCUT2D eigenvalue weighted by molar-refractivity contribution is 0.0456. The third kappa shape index (κ3) is 4.14. The van der Waals surface area contributed by atoms with E-state index >= 15 is 0 Å². The van der Waals surface area contributed by atoms with Crippen molar-refractivity contribution in [1.29, 1.82) is 0 Å². The molecule has 1 saturated carbocycles. The van der Waals surface area contributed by atoms with Gasteiger partial charge in [-0.15, -0.1) is 0 Å². The second-order valence-electron chi connectivity index (χ2n) is 4.82. The van der Waals surface area contributed by atoms with Gasteiger partial charge in [-0.1, -0.05) is 44.0 Å². The Kier molecular flexibility index (Phi) is 5.02. The van der Waals surface area contributed by atoms with Gasteiger partial charge >= 0.3 is 0 Å². The van der Waals surface area contributed by atoms with Gasteiger partial charge in [0.1, 0.15) is 0 Å². The van der Waals surface area contributed by atoms with Crippen molar-refractivity contribution in [2.24, 2.45) is 0 Å². The summed E-state index contributed by atoms with van der Waals surface area (Å²) in [6.07, 6.45) is 5.68. The molecule has 0 saturated heterocycles. The molecule has 2 heteroatoms.